The zero-order valence-electron chi connectivity index (χ0n) is 24.3. The van der Waals surface area contributed by atoms with Gasteiger partial charge < -0.3 is 24.5 Å². The zero-order chi connectivity index (χ0) is 30.0. The molecule has 2 N–H and O–H groups in total. The SMILES string of the molecule is COC(=O)N[C@H]1C[C@H]2C[C@H]1OCC[C@H](OC)c1ccc(cc1)-c1c(-c3cn(C)nc3F)[nH]c3ncc4c(c13)n2c(=O)n4C. The first-order valence-electron chi connectivity index (χ1n) is 14.2. The summed E-state index contributed by atoms with van der Waals surface area (Å²) in [6.07, 6.45) is 3.66. The monoisotopic (exact) mass is 589 g/mol. The van der Waals surface area contributed by atoms with Crippen LogP contribution in [0.25, 0.3) is 44.5 Å². The molecule has 8 rings (SSSR count). The average Bonchev–Trinajstić information content (AvgIpc) is 3.73. The fraction of sp³-hybridized carbons (Fsp3) is 0.400. The Morgan fingerprint density at radius 1 is 1.19 bits per heavy atom. The van der Waals surface area contributed by atoms with E-state index in [1.165, 1.54) is 11.8 Å². The molecule has 4 aromatic heterocycles. The van der Waals surface area contributed by atoms with Gasteiger partial charge in [-0.3, -0.25) is 13.8 Å². The first-order valence-corrected chi connectivity index (χ1v) is 14.2. The number of aromatic nitrogens is 6. The van der Waals surface area contributed by atoms with Crippen LogP contribution in [0.1, 0.15) is 37.0 Å². The fourth-order valence-corrected chi connectivity index (χ4v) is 6.78. The summed E-state index contributed by atoms with van der Waals surface area (Å²) in [5, 5.41) is 7.55. The molecule has 1 fully saturated rings. The number of carbonyl (C=O) groups excluding carboxylic acids is 1. The van der Waals surface area contributed by atoms with Gasteiger partial charge in [0.1, 0.15) is 5.65 Å². The Labute approximate surface area is 245 Å². The van der Waals surface area contributed by atoms with E-state index < -0.39 is 12.0 Å². The topological polar surface area (TPSA) is 130 Å². The van der Waals surface area contributed by atoms with Crippen molar-refractivity contribution in [3.8, 4) is 22.4 Å². The lowest BCUT2D eigenvalue weighted by molar-refractivity contribution is 0.00594. The molecule has 13 heteroatoms. The first-order chi connectivity index (χ1) is 20.8. The molecule has 1 amide bonds. The van der Waals surface area contributed by atoms with Gasteiger partial charge in [0.15, 0.2) is 0 Å². The number of aromatic amines is 1. The molecule has 2 aliphatic heterocycles. The van der Waals surface area contributed by atoms with Crippen LogP contribution in [0.4, 0.5) is 9.18 Å². The molecule has 12 nitrogen and oxygen atoms in total. The third kappa shape index (κ3) is 4.33. The van der Waals surface area contributed by atoms with Crippen molar-refractivity contribution >= 4 is 28.2 Å². The van der Waals surface area contributed by atoms with Crippen LogP contribution in [0.3, 0.4) is 0 Å². The smallest absolute Gasteiger partial charge is 0.407 e. The second-order valence-electron chi connectivity index (χ2n) is 11.2. The minimum absolute atomic E-state index is 0.216. The highest BCUT2D eigenvalue weighted by atomic mass is 19.1. The molecule has 1 saturated carbocycles. The number of ether oxygens (including phenoxy) is 3. The Balaban J connectivity index is 1.54. The molecule has 0 saturated heterocycles. The Bertz CT molecular complexity index is 1920. The lowest BCUT2D eigenvalue weighted by atomic mass is 9.96. The minimum atomic E-state index is -0.619. The number of hydrogen-bond donors (Lipinski definition) is 2. The number of fused-ring (bicyclic) bond motifs is 5. The minimum Gasteiger partial charge on any atom is -0.453 e. The van der Waals surface area contributed by atoms with Crippen molar-refractivity contribution < 1.29 is 23.4 Å². The lowest BCUT2D eigenvalue weighted by Crippen LogP contribution is -2.41. The number of pyridine rings is 1. The molecule has 224 valence electrons. The van der Waals surface area contributed by atoms with Crippen LogP contribution in [-0.2, 0) is 28.3 Å². The molecule has 4 bridgehead atoms. The number of methoxy groups -OCH3 is 2. The molecule has 5 aromatic rings. The van der Waals surface area contributed by atoms with Crippen molar-refractivity contribution in [3.05, 3.63) is 58.7 Å². The van der Waals surface area contributed by atoms with Gasteiger partial charge >= 0.3 is 11.8 Å². The number of nitrogens with zero attached hydrogens (tertiary/aromatic N) is 5. The van der Waals surface area contributed by atoms with E-state index in [1.54, 1.807) is 42.7 Å². The molecular formula is C30H32FN7O5. The van der Waals surface area contributed by atoms with Crippen molar-refractivity contribution in [2.75, 3.05) is 20.8 Å². The summed E-state index contributed by atoms with van der Waals surface area (Å²) in [7, 11) is 6.36. The number of aryl methyl sites for hydroxylation is 2. The van der Waals surface area contributed by atoms with Crippen molar-refractivity contribution in [2.24, 2.45) is 14.1 Å². The van der Waals surface area contributed by atoms with Crippen LogP contribution in [0, 0.1) is 5.95 Å². The Hall–Kier alpha value is -4.49. The number of imidazole rings is 1. The summed E-state index contributed by atoms with van der Waals surface area (Å²) < 4.78 is 37.1. The highest BCUT2D eigenvalue weighted by molar-refractivity contribution is 6.14. The largest absolute Gasteiger partial charge is 0.453 e. The predicted molar refractivity (Wildman–Crippen MR) is 156 cm³/mol. The number of halogens is 1. The van der Waals surface area contributed by atoms with Gasteiger partial charge in [0, 0.05) is 52.0 Å². The van der Waals surface area contributed by atoms with Crippen LogP contribution in [0.5, 0.6) is 0 Å². The number of alkyl carbamates (subject to hydrolysis) is 1. The van der Waals surface area contributed by atoms with E-state index in [-0.39, 0.29) is 30.0 Å². The molecule has 0 radical (unpaired) electrons. The number of H-pyrrole nitrogens is 1. The molecule has 6 heterocycles. The first kappa shape index (κ1) is 27.3. The van der Waals surface area contributed by atoms with Crippen molar-refractivity contribution in [2.45, 2.75) is 43.6 Å². The molecule has 3 aliphatic rings. The molecule has 0 spiro atoms. The summed E-state index contributed by atoms with van der Waals surface area (Å²) in [5.41, 5.74) is 4.92. The summed E-state index contributed by atoms with van der Waals surface area (Å²) in [6, 6.07) is 7.26. The summed E-state index contributed by atoms with van der Waals surface area (Å²) in [5.74, 6) is -0.619. The van der Waals surface area contributed by atoms with Crippen LogP contribution in [0.15, 0.2) is 41.5 Å². The van der Waals surface area contributed by atoms with Gasteiger partial charge in [0.2, 0.25) is 5.95 Å². The highest BCUT2D eigenvalue weighted by Crippen LogP contribution is 2.44. The van der Waals surface area contributed by atoms with E-state index in [9.17, 15) is 9.59 Å². The van der Waals surface area contributed by atoms with Crippen molar-refractivity contribution in [3.63, 3.8) is 0 Å². The lowest BCUT2D eigenvalue weighted by Gasteiger charge is -2.22. The van der Waals surface area contributed by atoms with Crippen LogP contribution < -0.4 is 11.0 Å². The van der Waals surface area contributed by atoms with Crippen molar-refractivity contribution in [1.82, 2.24) is 34.2 Å². The molecule has 1 aromatic carbocycles. The predicted octanol–water partition coefficient (Wildman–Crippen LogP) is 3.96. The summed E-state index contributed by atoms with van der Waals surface area (Å²) in [6.45, 7) is 0.389. The van der Waals surface area contributed by atoms with E-state index in [2.05, 4.69) is 20.4 Å². The van der Waals surface area contributed by atoms with Crippen molar-refractivity contribution in [1.29, 1.82) is 0 Å². The van der Waals surface area contributed by atoms with Gasteiger partial charge in [0.25, 0.3) is 0 Å². The molecule has 0 unspecified atom stereocenters. The average molecular weight is 590 g/mol. The second kappa shape index (κ2) is 10.3. The van der Waals surface area contributed by atoms with Crippen LogP contribution in [0.2, 0.25) is 0 Å². The standard InChI is InChI=1S/C30H32FN7O5/c1-36-14-18(27(31)35-36)25-23-16-7-5-15(6-8-16)21(41-3)9-10-43-22-12-17(11-19(22)33-29(39)42-4)38-26-20(37(2)30(38)40)13-32-28(34-25)24(23)26/h5-8,13-14,17,19,21-22H,9-12H2,1-4H3,(H,32,34)(H,33,39)/t17-,19-,21-,22+/m0/s1. The third-order valence-electron chi connectivity index (χ3n) is 8.82. The van der Waals surface area contributed by atoms with E-state index in [0.29, 0.717) is 64.8 Å². The molecule has 4 atom stereocenters. The maximum absolute atomic E-state index is 15.2. The maximum atomic E-state index is 15.2. The quantitative estimate of drug-likeness (QED) is 0.326. The zero-order valence-corrected chi connectivity index (χ0v) is 24.3. The van der Waals surface area contributed by atoms with Gasteiger partial charge in [-0.15, -0.1) is 5.10 Å². The van der Waals surface area contributed by atoms with E-state index in [0.717, 1.165) is 11.1 Å². The number of hydrogen-bond acceptors (Lipinski definition) is 7. The Morgan fingerprint density at radius 2 is 1.98 bits per heavy atom. The fourth-order valence-electron chi connectivity index (χ4n) is 6.78. The van der Waals surface area contributed by atoms with Gasteiger partial charge in [-0.05, 0) is 24.0 Å². The van der Waals surface area contributed by atoms with E-state index in [4.69, 9.17) is 14.2 Å². The Kier molecular flexibility index (Phi) is 6.58. The van der Waals surface area contributed by atoms with Gasteiger partial charge in [-0.1, -0.05) is 24.3 Å². The normalized spacial score (nSPS) is 21.9. The number of nitrogens with one attached hydrogen (secondary N) is 2. The molecule has 1 aliphatic carbocycles. The van der Waals surface area contributed by atoms with Gasteiger partial charge in [-0.2, -0.15) is 4.39 Å². The maximum Gasteiger partial charge on any atom is 0.407 e. The number of carbonyl (C=O) groups is 1. The van der Waals surface area contributed by atoms with Crippen LogP contribution >= 0.6 is 0 Å². The van der Waals surface area contributed by atoms with Gasteiger partial charge in [-0.25, -0.2) is 14.6 Å². The van der Waals surface area contributed by atoms with Gasteiger partial charge in [0.05, 0.1) is 59.2 Å². The third-order valence-corrected chi connectivity index (χ3v) is 8.82. The number of amides is 1. The number of rotatable bonds is 3. The number of benzene rings is 1. The molecule has 43 heavy (non-hydrogen) atoms. The summed E-state index contributed by atoms with van der Waals surface area (Å²) >= 11 is 0. The Morgan fingerprint density at radius 3 is 2.67 bits per heavy atom. The van der Waals surface area contributed by atoms with E-state index in [1.807, 2.05) is 24.3 Å². The molecular weight excluding hydrogens is 557 g/mol. The second-order valence-corrected chi connectivity index (χ2v) is 11.2. The van der Waals surface area contributed by atoms with E-state index >= 15 is 4.39 Å². The highest BCUT2D eigenvalue weighted by Gasteiger charge is 2.40. The van der Waals surface area contributed by atoms with Crippen LogP contribution in [-0.4, -0.2) is 67.9 Å². The summed E-state index contributed by atoms with van der Waals surface area (Å²) in [4.78, 5) is 34.3.